The molecule has 5 rings (SSSR count). The number of piperazine rings is 1. The number of ether oxygens (including phenoxy) is 2. The van der Waals surface area contributed by atoms with Crippen molar-refractivity contribution < 1.29 is 14.3 Å². The highest BCUT2D eigenvalue weighted by Crippen LogP contribution is 2.28. The normalized spacial score (nSPS) is 18.4. The summed E-state index contributed by atoms with van der Waals surface area (Å²) in [7, 11) is 1.67. The van der Waals surface area contributed by atoms with Gasteiger partial charge < -0.3 is 19.3 Å². The minimum atomic E-state index is -0.103. The second-order valence-electron chi connectivity index (χ2n) is 8.03. The molecule has 0 bridgehead atoms. The van der Waals surface area contributed by atoms with E-state index in [9.17, 15) is 4.79 Å². The van der Waals surface area contributed by atoms with E-state index in [0.29, 0.717) is 37.0 Å². The molecule has 3 heterocycles. The van der Waals surface area contributed by atoms with Gasteiger partial charge in [0.05, 0.1) is 26.0 Å². The Morgan fingerprint density at radius 1 is 1.09 bits per heavy atom. The number of rotatable bonds is 4. The van der Waals surface area contributed by atoms with Gasteiger partial charge in [-0.15, -0.1) is 0 Å². The van der Waals surface area contributed by atoms with Crippen molar-refractivity contribution in [3.8, 4) is 5.75 Å². The number of nitrogens with zero attached hydrogens (tertiary/aromatic N) is 4. The molecule has 166 valence electrons. The number of halogens is 1. The number of methoxy groups -OCH3 is 1. The topological polar surface area (TPSA) is 59.8 Å². The van der Waals surface area contributed by atoms with Gasteiger partial charge >= 0.3 is 0 Å². The van der Waals surface area contributed by atoms with Crippen molar-refractivity contribution in [1.82, 2.24) is 14.7 Å². The van der Waals surface area contributed by atoms with Gasteiger partial charge in [0.25, 0.3) is 5.91 Å². The second-order valence-corrected chi connectivity index (χ2v) is 8.47. The van der Waals surface area contributed by atoms with Gasteiger partial charge in [0.1, 0.15) is 11.9 Å². The predicted molar refractivity (Wildman–Crippen MR) is 122 cm³/mol. The Kier molecular flexibility index (Phi) is 5.76. The summed E-state index contributed by atoms with van der Waals surface area (Å²) in [6, 6.07) is 17.5. The molecule has 2 aromatic carbocycles. The minimum absolute atomic E-state index is 0.0276. The van der Waals surface area contributed by atoms with Crippen molar-refractivity contribution in [2.45, 2.75) is 19.3 Å². The van der Waals surface area contributed by atoms with E-state index >= 15 is 0 Å². The highest BCUT2D eigenvalue weighted by molar-refractivity contribution is 6.30. The standard InChI is InChI=1S/C24H25ClN4O3/c1-31-21-4-2-3-19(13-21)27-9-11-28(12-10-27)24(30)22-14-20-16-32-23(15-29(20)26-22)17-5-7-18(25)8-6-17/h2-8,13-14,23H,9-12,15-16H2,1H3. The number of anilines is 1. The Labute approximate surface area is 192 Å². The predicted octanol–water partition coefficient (Wildman–Crippen LogP) is 3.78. The van der Waals surface area contributed by atoms with Crippen LogP contribution in [0.3, 0.4) is 0 Å². The molecule has 1 fully saturated rings. The lowest BCUT2D eigenvalue weighted by atomic mass is 10.1. The van der Waals surface area contributed by atoms with Gasteiger partial charge in [-0.05, 0) is 35.9 Å². The zero-order chi connectivity index (χ0) is 22.1. The summed E-state index contributed by atoms with van der Waals surface area (Å²) < 4.78 is 13.2. The third kappa shape index (κ3) is 4.18. The van der Waals surface area contributed by atoms with E-state index in [1.807, 2.05) is 58.1 Å². The number of aromatic nitrogens is 2. The van der Waals surface area contributed by atoms with Crippen molar-refractivity contribution in [2.24, 2.45) is 0 Å². The third-order valence-electron chi connectivity index (χ3n) is 6.08. The van der Waals surface area contributed by atoms with Crippen LogP contribution in [0.1, 0.15) is 27.8 Å². The average molecular weight is 453 g/mol. The van der Waals surface area contributed by atoms with E-state index in [1.165, 1.54) is 0 Å². The van der Waals surface area contributed by atoms with Gasteiger partial charge in [-0.2, -0.15) is 5.10 Å². The Balaban J connectivity index is 1.23. The quantitative estimate of drug-likeness (QED) is 0.603. The average Bonchev–Trinajstić information content (AvgIpc) is 3.28. The molecule has 1 amide bonds. The van der Waals surface area contributed by atoms with Crippen LogP contribution in [-0.2, 0) is 17.9 Å². The summed E-state index contributed by atoms with van der Waals surface area (Å²) in [5.74, 6) is 0.809. The number of benzene rings is 2. The fraction of sp³-hybridized carbons (Fsp3) is 0.333. The van der Waals surface area contributed by atoms with E-state index in [4.69, 9.17) is 21.1 Å². The Morgan fingerprint density at radius 2 is 1.88 bits per heavy atom. The summed E-state index contributed by atoms with van der Waals surface area (Å²) in [6.45, 7) is 3.86. The Hall–Kier alpha value is -3.03. The first-order valence-electron chi connectivity index (χ1n) is 10.7. The zero-order valence-corrected chi connectivity index (χ0v) is 18.7. The molecule has 0 aliphatic carbocycles. The summed E-state index contributed by atoms with van der Waals surface area (Å²) in [5.41, 5.74) is 3.57. The van der Waals surface area contributed by atoms with Gasteiger partial charge in [-0.25, -0.2) is 0 Å². The lowest BCUT2D eigenvalue weighted by Gasteiger charge is -2.35. The number of fused-ring (bicyclic) bond motifs is 1. The molecule has 2 aliphatic heterocycles. The molecule has 0 radical (unpaired) electrons. The Bertz CT molecular complexity index is 1110. The molecule has 0 spiro atoms. The third-order valence-corrected chi connectivity index (χ3v) is 6.33. The van der Waals surface area contributed by atoms with Gasteiger partial charge in [-0.1, -0.05) is 29.8 Å². The zero-order valence-electron chi connectivity index (χ0n) is 17.9. The summed E-state index contributed by atoms with van der Waals surface area (Å²) in [4.78, 5) is 17.3. The highest BCUT2D eigenvalue weighted by Gasteiger charge is 2.28. The van der Waals surface area contributed by atoms with Crippen LogP contribution in [0.2, 0.25) is 5.02 Å². The van der Waals surface area contributed by atoms with Crippen LogP contribution in [0, 0.1) is 0 Å². The van der Waals surface area contributed by atoms with Gasteiger partial charge in [-0.3, -0.25) is 9.48 Å². The van der Waals surface area contributed by atoms with Crippen molar-refractivity contribution in [1.29, 1.82) is 0 Å². The molecule has 1 atom stereocenters. The molecule has 1 unspecified atom stereocenters. The second kappa shape index (κ2) is 8.84. The van der Waals surface area contributed by atoms with Gasteiger partial charge in [0.2, 0.25) is 0 Å². The van der Waals surface area contributed by atoms with Gasteiger partial charge in [0, 0.05) is 43.0 Å². The smallest absolute Gasteiger partial charge is 0.274 e. The van der Waals surface area contributed by atoms with E-state index in [1.54, 1.807) is 7.11 Å². The minimum Gasteiger partial charge on any atom is -0.497 e. The van der Waals surface area contributed by atoms with Crippen molar-refractivity contribution in [3.63, 3.8) is 0 Å². The number of hydrogen-bond donors (Lipinski definition) is 0. The summed E-state index contributed by atoms with van der Waals surface area (Å²) in [6.07, 6.45) is -0.103. The first kappa shape index (κ1) is 20.8. The number of carbonyl (C=O) groups excluding carboxylic acids is 1. The summed E-state index contributed by atoms with van der Waals surface area (Å²) >= 11 is 5.99. The van der Waals surface area contributed by atoms with Gasteiger partial charge in [0.15, 0.2) is 5.69 Å². The molecule has 0 N–H and O–H groups in total. The first-order chi connectivity index (χ1) is 15.6. The lowest BCUT2D eigenvalue weighted by Crippen LogP contribution is -2.48. The van der Waals surface area contributed by atoms with Crippen LogP contribution in [0.25, 0.3) is 0 Å². The molecule has 8 heteroatoms. The molecular formula is C24H25ClN4O3. The lowest BCUT2D eigenvalue weighted by molar-refractivity contribution is -0.00121. The number of carbonyl (C=O) groups is 1. The van der Waals surface area contributed by atoms with E-state index in [-0.39, 0.29) is 12.0 Å². The van der Waals surface area contributed by atoms with E-state index in [2.05, 4.69) is 16.1 Å². The van der Waals surface area contributed by atoms with Crippen molar-refractivity contribution >= 4 is 23.2 Å². The largest absolute Gasteiger partial charge is 0.497 e. The molecule has 32 heavy (non-hydrogen) atoms. The summed E-state index contributed by atoms with van der Waals surface area (Å²) in [5, 5.41) is 5.31. The SMILES string of the molecule is COc1cccc(N2CCN(C(=O)c3cc4n(n3)CC(c3ccc(Cl)cc3)OC4)CC2)c1. The molecule has 1 aromatic heterocycles. The molecule has 1 saturated heterocycles. The fourth-order valence-electron chi connectivity index (χ4n) is 4.25. The Morgan fingerprint density at radius 3 is 2.62 bits per heavy atom. The maximum absolute atomic E-state index is 13.1. The highest BCUT2D eigenvalue weighted by atomic mass is 35.5. The molecule has 0 saturated carbocycles. The molecular weight excluding hydrogens is 428 g/mol. The maximum Gasteiger partial charge on any atom is 0.274 e. The maximum atomic E-state index is 13.1. The molecule has 7 nitrogen and oxygen atoms in total. The van der Waals surface area contributed by atoms with Crippen molar-refractivity contribution in [2.75, 3.05) is 38.2 Å². The molecule has 3 aromatic rings. The van der Waals surface area contributed by atoms with Crippen LogP contribution in [0.5, 0.6) is 5.75 Å². The van der Waals surface area contributed by atoms with Crippen molar-refractivity contribution in [3.05, 3.63) is 76.6 Å². The monoisotopic (exact) mass is 452 g/mol. The first-order valence-corrected chi connectivity index (χ1v) is 11.1. The van der Waals surface area contributed by atoms with Crippen LogP contribution in [0.15, 0.2) is 54.6 Å². The van der Waals surface area contributed by atoms with E-state index in [0.717, 1.165) is 35.8 Å². The molecule has 2 aliphatic rings. The number of hydrogen-bond acceptors (Lipinski definition) is 5. The van der Waals surface area contributed by atoms with Crippen LogP contribution >= 0.6 is 11.6 Å². The van der Waals surface area contributed by atoms with Crippen LogP contribution < -0.4 is 9.64 Å². The van der Waals surface area contributed by atoms with Crippen LogP contribution in [0.4, 0.5) is 5.69 Å². The fourth-order valence-corrected chi connectivity index (χ4v) is 4.37. The number of amides is 1. The van der Waals surface area contributed by atoms with Crippen LogP contribution in [-0.4, -0.2) is 53.9 Å². The van der Waals surface area contributed by atoms with E-state index < -0.39 is 0 Å².